The smallest absolute Gasteiger partial charge is 0.335 e. The van der Waals surface area contributed by atoms with Gasteiger partial charge in [0.15, 0.2) is 0 Å². The zero-order valence-corrected chi connectivity index (χ0v) is 17.4. The van der Waals surface area contributed by atoms with Crippen molar-refractivity contribution in [1.82, 2.24) is 9.55 Å². The summed E-state index contributed by atoms with van der Waals surface area (Å²) in [4.78, 5) is 31.3. The SMILES string of the molecule is CCc1cc(Br)ccc1-n1c(O)c(C=Nc2ccc(C)cc2C)c(=O)[nH]c1=O. The molecule has 0 spiro atoms. The van der Waals surface area contributed by atoms with Crippen LogP contribution in [0.25, 0.3) is 5.69 Å². The zero-order chi connectivity index (χ0) is 20.4. The van der Waals surface area contributed by atoms with Crippen molar-refractivity contribution in [1.29, 1.82) is 0 Å². The predicted molar refractivity (Wildman–Crippen MR) is 115 cm³/mol. The van der Waals surface area contributed by atoms with Crippen LogP contribution in [-0.4, -0.2) is 20.9 Å². The van der Waals surface area contributed by atoms with Gasteiger partial charge in [0.1, 0.15) is 5.56 Å². The van der Waals surface area contributed by atoms with Crippen molar-refractivity contribution in [2.45, 2.75) is 27.2 Å². The number of aryl methyl sites for hydroxylation is 3. The molecule has 0 amide bonds. The molecule has 0 saturated heterocycles. The number of nitrogens with zero attached hydrogens (tertiary/aromatic N) is 2. The molecule has 0 fully saturated rings. The Bertz CT molecular complexity index is 1190. The first-order valence-electron chi connectivity index (χ1n) is 8.80. The number of aromatic hydroxyl groups is 1. The van der Waals surface area contributed by atoms with Crippen LogP contribution in [0.2, 0.25) is 0 Å². The molecule has 0 radical (unpaired) electrons. The summed E-state index contributed by atoms with van der Waals surface area (Å²) in [5.74, 6) is -0.445. The lowest BCUT2D eigenvalue weighted by Crippen LogP contribution is -2.31. The van der Waals surface area contributed by atoms with Gasteiger partial charge in [0, 0.05) is 10.7 Å². The standard InChI is InChI=1S/C21H20BrN3O3/c1-4-14-10-15(22)6-8-18(14)25-20(27)16(19(26)24-21(25)28)11-23-17-7-5-12(2)9-13(17)3/h5-11,27H,4H2,1-3H3,(H,24,26,28). The van der Waals surface area contributed by atoms with Crippen molar-refractivity contribution in [2.75, 3.05) is 0 Å². The fourth-order valence-electron chi connectivity index (χ4n) is 3.02. The van der Waals surface area contributed by atoms with Crippen LogP contribution in [0.15, 0.2) is 55.5 Å². The Morgan fingerprint density at radius 3 is 2.61 bits per heavy atom. The summed E-state index contributed by atoms with van der Waals surface area (Å²) in [5.41, 5.74) is 2.60. The Kier molecular flexibility index (Phi) is 5.65. The summed E-state index contributed by atoms with van der Waals surface area (Å²) >= 11 is 3.41. The van der Waals surface area contributed by atoms with Crippen molar-refractivity contribution in [3.63, 3.8) is 0 Å². The second-order valence-corrected chi connectivity index (χ2v) is 7.42. The number of halogens is 1. The van der Waals surface area contributed by atoms with Gasteiger partial charge in [0.25, 0.3) is 5.56 Å². The van der Waals surface area contributed by atoms with Crippen molar-refractivity contribution in [3.05, 3.63) is 84.0 Å². The molecule has 7 heteroatoms. The number of hydrogen-bond acceptors (Lipinski definition) is 4. The van der Waals surface area contributed by atoms with Gasteiger partial charge in [-0.05, 0) is 55.7 Å². The van der Waals surface area contributed by atoms with E-state index in [1.165, 1.54) is 6.21 Å². The van der Waals surface area contributed by atoms with Crippen LogP contribution in [0.5, 0.6) is 5.88 Å². The summed E-state index contributed by atoms with van der Waals surface area (Å²) in [5, 5.41) is 10.7. The van der Waals surface area contributed by atoms with E-state index >= 15 is 0 Å². The van der Waals surface area contributed by atoms with Crippen molar-refractivity contribution >= 4 is 27.8 Å². The minimum atomic E-state index is -0.705. The van der Waals surface area contributed by atoms with Gasteiger partial charge in [-0.15, -0.1) is 0 Å². The number of aromatic nitrogens is 2. The van der Waals surface area contributed by atoms with E-state index in [2.05, 4.69) is 25.9 Å². The van der Waals surface area contributed by atoms with E-state index in [4.69, 9.17) is 0 Å². The monoisotopic (exact) mass is 441 g/mol. The topological polar surface area (TPSA) is 87.4 Å². The first kappa shape index (κ1) is 19.8. The molecule has 2 aromatic carbocycles. The third-order valence-corrected chi connectivity index (χ3v) is 4.96. The molecule has 0 aliphatic carbocycles. The summed E-state index contributed by atoms with van der Waals surface area (Å²) in [6, 6.07) is 11.1. The Hall–Kier alpha value is -2.93. The lowest BCUT2D eigenvalue weighted by molar-refractivity contribution is 0.429. The molecule has 0 bridgehead atoms. The summed E-state index contributed by atoms with van der Waals surface area (Å²) < 4.78 is 1.96. The van der Waals surface area contributed by atoms with Crippen LogP contribution < -0.4 is 11.2 Å². The largest absolute Gasteiger partial charge is 0.493 e. The van der Waals surface area contributed by atoms with Gasteiger partial charge in [-0.2, -0.15) is 0 Å². The van der Waals surface area contributed by atoms with Crippen LogP contribution in [0.3, 0.4) is 0 Å². The lowest BCUT2D eigenvalue weighted by Gasteiger charge is -2.13. The van der Waals surface area contributed by atoms with Crippen LogP contribution in [-0.2, 0) is 6.42 Å². The second kappa shape index (κ2) is 7.98. The number of benzene rings is 2. The predicted octanol–water partition coefficient (Wildman–Crippen LogP) is 3.92. The number of aromatic amines is 1. The third-order valence-electron chi connectivity index (χ3n) is 4.47. The number of aliphatic imine (C=N–C) groups is 1. The number of hydrogen-bond donors (Lipinski definition) is 2. The van der Waals surface area contributed by atoms with E-state index in [9.17, 15) is 14.7 Å². The number of H-pyrrole nitrogens is 1. The highest BCUT2D eigenvalue weighted by Gasteiger charge is 2.16. The maximum absolute atomic E-state index is 12.4. The molecule has 6 nitrogen and oxygen atoms in total. The minimum absolute atomic E-state index is 0.0791. The fraction of sp³-hybridized carbons (Fsp3) is 0.190. The van der Waals surface area contributed by atoms with Crippen LogP contribution in [0, 0.1) is 13.8 Å². The molecule has 0 atom stereocenters. The van der Waals surface area contributed by atoms with Gasteiger partial charge in [0.05, 0.1) is 11.4 Å². The van der Waals surface area contributed by atoms with Gasteiger partial charge < -0.3 is 5.11 Å². The first-order chi connectivity index (χ1) is 13.3. The van der Waals surface area contributed by atoms with Crippen molar-refractivity contribution in [2.24, 2.45) is 4.99 Å². The molecular formula is C21H20BrN3O3. The van der Waals surface area contributed by atoms with Gasteiger partial charge >= 0.3 is 5.69 Å². The van der Waals surface area contributed by atoms with E-state index in [1.807, 2.05) is 45.0 Å². The van der Waals surface area contributed by atoms with E-state index in [-0.39, 0.29) is 5.56 Å². The van der Waals surface area contributed by atoms with E-state index < -0.39 is 17.1 Å². The van der Waals surface area contributed by atoms with Crippen molar-refractivity contribution in [3.8, 4) is 11.6 Å². The molecule has 0 aliphatic rings. The molecule has 3 rings (SSSR count). The van der Waals surface area contributed by atoms with Crippen molar-refractivity contribution < 1.29 is 5.11 Å². The van der Waals surface area contributed by atoms with Crippen LogP contribution in [0.4, 0.5) is 5.69 Å². The van der Waals surface area contributed by atoms with Gasteiger partial charge in [0.2, 0.25) is 5.88 Å². The molecule has 0 unspecified atom stereocenters. The Balaban J connectivity index is 2.17. The van der Waals surface area contributed by atoms with Gasteiger partial charge in [-0.25, -0.2) is 9.36 Å². The molecule has 1 heterocycles. The normalized spacial score (nSPS) is 11.3. The average molecular weight is 442 g/mol. The number of rotatable bonds is 4. The van der Waals surface area contributed by atoms with Gasteiger partial charge in [-0.1, -0.05) is 40.5 Å². The Labute approximate surface area is 170 Å². The molecular weight excluding hydrogens is 422 g/mol. The maximum atomic E-state index is 12.4. The first-order valence-corrected chi connectivity index (χ1v) is 9.59. The molecule has 0 aliphatic heterocycles. The maximum Gasteiger partial charge on any atom is 0.335 e. The minimum Gasteiger partial charge on any atom is -0.493 e. The average Bonchev–Trinajstić information content (AvgIpc) is 2.63. The van der Waals surface area contributed by atoms with E-state index in [1.54, 1.807) is 12.1 Å². The fourth-order valence-corrected chi connectivity index (χ4v) is 3.43. The highest BCUT2D eigenvalue weighted by atomic mass is 79.9. The zero-order valence-electron chi connectivity index (χ0n) is 15.8. The summed E-state index contributed by atoms with van der Waals surface area (Å²) in [6.07, 6.45) is 1.93. The molecule has 2 N–H and O–H groups in total. The Morgan fingerprint density at radius 1 is 1.18 bits per heavy atom. The third kappa shape index (κ3) is 3.84. The second-order valence-electron chi connectivity index (χ2n) is 6.51. The van der Waals surface area contributed by atoms with E-state index in [0.717, 1.165) is 25.7 Å². The quantitative estimate of drug-likeness (QED) is 0.601. The molecule has 0 saturated carbocycles. The molecule has 1 aromatic heterocycles. The highest BCUT2D eigenvalue weighted by Crippen LogP contribution is 2.24. The lowest BCUT2D eigenvalue weighted by atomic mass is 10.1. The molecule has 28 heavy (non-hydrogen) atoms. The van der Waals surface area contributed by atoms with Crippen LogP contribution in [0.1, 0.15) is 29.2 Å². The van der Waals surface area contributed by atoms with E-state index in [0.29, 0.717) is 17.8 Å². The number of nitrogens with one attached hydrogen (secondary N) is 1. The Morgan fingerprint density at radius 2 is 1.93 bits per heavy atom. The highest BCUT2D eigenvalue weighted by molar-refractivity contribution is 9.10. The molecule has 3 aromatic rings. The summed E-state index contributed by atoms with van der Waals surface area (Å²) in [6.45, 7) is 5.85. The molecule has 144 valence electrons. The van der Waals surface area contributed by atoms with Gasteiger partial charge in [-0.3, -0.25) is 14.8 Å². The van der Waals surface area contributed by atoms with Crippen LogP contribution >= 0.6 is 15.9 Å². The summed E-state index contributed by atoms with van der Waals surface area (Å²) in [7, 11) is 0.